The van der Waals surface area contributed by atoms with Gasteiger partial charge in [-0.2, -0.15) is 0 Å². The molecule has 1 N–H and O–H groups in total. The Morgan fingerprint density at radius 2 is 2.04 bits per heavy atom. The van der Waals surface area contributed by atoms with Crippen LogP contribution >= 0.6 is 11.3 Å². The molecule has 0 bridgehead atoms. The van der Waals surface area contributed by atoms with Gasteiger partial charge in [0.05, 0.1) is 22.7 Å². The number of carbonyl (C=O) groups is 1. The van der Waals surface area contributed by atoms with Gasteiger partial charge in [-0.05, 0) is 39.2 Å². The minimum absolute atomic E-state index is 0.0378. The number of rotatable bonds is 5. The van der Waals surface area contributed by atoms with Gasteiger partial charge in [-0.25, -0.2) is 4.98 Å². The zero-order valence-electron chi connectivity index (χ0n) is 15.7. The Morgan fingerprint density at radius 1 is 1.35 bits per heavy atom. The maximum absolute atomic E-state index is 13.0. The lowest BCUT2D eigenvalue weighted by Gasteiger charge is -2.27. The predicted molar refractivity (Wildman–Crippen MR) is 104 cm³/mol. The van der Waals surface area contributed by atoms with Crippen molar-refractivity contribution in [1.82, 2.24) is 14.5 Å². The smallest absolute Gasteiger partial charge is 0.264 e. The number of hydrogen-bond donors (Lipinski definition) is 1. The molecule has 0 radical (unpaired) electrons. The van der Waals surface area contributed by atoms with Gasteiger partial charge in [0.15, 0.2) is 0 Å². The number of thiophene rings is 1. The van der Waals surface area contributed by atoms with Crippen LogP contribution in [0.1, 0.15) is 54.8 Å². The number of hydrogen-bond acceptors (Lipinski definition) is 5. The zero-order chi connectivity index (χ0) is 18.8. The van der Waals surface area contributed by atoms with E-state index in [4.69, 9.17) is 0 Å². The Kier molecular flexibility index (Phi) is 5.77. The van der Waals surface area contributed by atoms with E-state index in [-0.39, 0.29) is 23.5 Å². The van der Waals surface area contributed by atoms with Crippen LogP contribution in [0.15, 0.2) is 11.1 Å². The van der Waals surface area contributed by atoms with Crippen LogP contribution in [0, 0.1) is 12.8 Å². The fourth-order valence-corrected chi connectivity index (χ4v) is 4.91. The Bertz CT molecular complexity index is 854. The van der Waals surface area contributed by atoms with Crippen LogP contribution in [0.4, 0.5) is 0 Å². The van der Waals surface area contributed by atoms with Gasteiger partial charge in [0.2, 0.25) is 0 Å². The normalized spacial score (nSPS) is 20.5. The molecule has 0 unspecified atom stereocenters. The summed E-state index contributed by atoms with van der Waals surface area (Å²) in [5.74, 6) is 0.0561. The van der Waals surface area contributed by atoms with E-state index in [9.17, 15) is 14.7 Å². The van der Waals surface area contributed by atoms with Crippen molar-refractivity contribution in [3.05, 3.63) is 27.1 Å². The number of fused-ring (bicyclic) bond motifs is 1. The Hall–Kier alpha value is -1.73. The Morgan fingerprint density at radius 3 is 2.69 bits per heavy atom. The molecule has 1 fully saturated rings. The summed E-state index contributed by atoms with van der Waals surface area (Å²) in [6.07, 6.45) is 5.08. The molecular formula is C19H27N3O3S. The molecule has 2 heterocycles. The first kappa shape index (κ1) is 19.0. The number of aliphatic hydroxyl groups is 1. The molecule has 2 atom stereocenters. The highest BCUT2D eigenvalue weighted by Crippen LogP contribution is 2.29. The summed E-state index contributed by atoms with van der Waals surface area (Å²) in [6, 6.07) is 0. The minimum Gasteiger partial charge on any atom is -0.393 e. The van der Waals surface area contributed by atoms with Gasteiger partial charge in [-0.1, -0.05) is 12.8 Å². The monoisotopic (exact) mass is 377 g/mol. The second kappa shape index (κ2) is 7.88. The molecule has 3 rings (SSSR count). The number of nitrogens with zero attached hydrogens (tertiary/aromatic N) is 3. The van der Waals surface area contributed by atoms with Crippen LogP contribution in [0.2, 0.25) is 0 Å². The van der Waals surface area contributed by atoms with Gasteiger partial charge >= 0.3 is 0 Å². The summed E-state index contributed by atoms with van der Waals surface area (Å²) in [7, 11) is 0. The average Bonchev–Trinajstić information content (AvgIpc) is 2.97. The van der Waals surface area contributed by atoms with Crippen molar-refractivity contribution >= 4 is 27.5 Å². The van der Waals surface area contributed by atoms with Crippen molar-refractivity contribution in [1.29, 1.82) is 0 Å². The molecule has 26 heavy (non-hydrogen) atoms. The summed E-state index contributed by atoms with van der Waals surface area (Å²) in [5, 5.41) is 10.7. The van der Waals surface area contributed by atoms with Crippen LogP contribution in [0.25, 0.3) is 10.2 Å². The number of aliphatic hydroxyl groups excluding tert-OH is 1. The number of aromatic nitrogens is 2. The minimum atomic E-state index is -0.352. The van der Waals surface area contributed by atoms with E-state index in [1.165, 1.54) is 11.3 Å². The third kappa shape index (κ3) is 3.42. The first-order chi connectivity index (χ1) is 12.5. The zero-order valence-corrected chi connectivity index (χ0v) is 16.5. The van der Waals surface area contributed by atoms with Crippen molar-refractivity contribution in [2.75, 3.05) is 13.1 Å². The average molecular weight is 378 g/mol. The molecule has 2 aromatic heterocycles. The maximum atomic E-state index is 13.0. The van der Waals surface area contributed by atoms with Crippen molar-refractivity contribution in [3.63, 3.8) is 0 Å². The molecule has 7 heteroatoms. The van der Waals surface area contributed by atoms with Crippen LogP contribution in [-0.2, 0) is 6.54 Å². The lowest BCUT2D eigenvalue weighted by molar-refractivity contribution is 0.0600. The van der Waals surface area contributed by atoms with Gasteiger partial charge in [-0.15, -0.1) is 11.3 Å². The lowest BCUT2D eigenvalue weighted by Crippen LogP contribution is -2.32. The van der Waals surface area contributed by atoms with E-state index in [0.29, 0.717) is 34.7 Å². The third-order valence-electron chi connectivity index (χ3n) is 5.46. The molecular weight excluding hydrogens is 350 g/mol. The number of carbonyl (C=O) groups excluding carboxylic acids is 1. The van der Waals surface area contributed by atoms with E-state index >= 15 is 0 Å². The van der Waals surface area contributed by atoms with Gasteiger partial charge in [-0.3, -0.25) is 14.2 Å². The van der Waals surface area contributed by atoms with E-state index in [1.54, 1.807) is 15.8 Å². The standard InChI is InChI=1S/C19H27N3O3S/c1-4-21(5-2)19(25)16-12(3)15-17(26-16)20-11-22(18(15)24)10-13-8-6-7-9-14(13)23/h11,13-14,23H,4-10H2,1-3H3/t13-,14-/m1/s1. The van der Waals surface area contributed by atoms with E-state index < -0.39 is 0 Å². The van der Waals surface area contributed by atoms with Gasteiger partial charge in [0.25, 0.3) is 11.5 Å². The van der Waals surface area contributed by atoms with E-state index in [0.717, 1.165) is 31.2 Å². The van der Waals surface area contributed by atoms with Crippen molar-refractivity contribution < 1.29 is 9.90 Å². The molecule has 0 aliphatic heterocycles. The van der Waals surface area contributed by atoms with Crippen molar-refractivity contribution in [3.8, 4) is 0 Å². The summed E-state index contributed by atoms with van der Waals surface area (Å²) < 4.78 is 1.60. The summed E-state index contributed by atoms with van der Waals surface area (Å²) in [5.41, 5.74) is 0.609. The van der Waals surface area contributed by atoms with Crippen LogP contribution in [-0.4, -0.2) is 44.7 Å². The van der Waals surface area contributed by atoms with Gasteiger partial charge in [0.1, 0.15) is 4.83 Å². The Labute approximate surface area is 157 Å². The molecule has 1 amide bonds. The molecule has 1 aliphatic carbocycles. The van der Waals surface area contributed by atoms with E-state index in [1.807, 2.05) is 20.8 Å². The molecule has 1 saturated carbocycles. The number of amides is 1. The molecule has 6 nitrogen and oxygen atoms in total. The maximum Gasteiger partial charge on any atom is 0.264 e. The van der Waals surface area contributed by atoms with Gasteiger partial charge < -0.3 is 10.0 Å². The third-order valence-corrected chi connectivity index (χ3v) is 6.65. The Balaban J connectivity index is 1.97. The largest absolute Gasteiger partial charge is 0.393 e. The first-order valence-corrected chi connectivity index (χ1v) is 10.2. The highest BCUT2D eigenvalue weighted by Gasteiger charge is 2.26. The molecule has 0 aromatic carbocycles. The quantitative estimate of drug-likeness (QED) is 0.869. The van der Waals surface area contributed by atoms with Crippen molar-refractivity contribution in [2.24, 2.45) is 5.92 Å². The second-order valence-electron chi connectivity index (χ2n) is 7.03. The van der Waals surface area contributed by atoms with Crippen LogP contribution < -0.4 is 5.56 Å². The second-order valence-corrected chi connectivity index (χ2v) is 8.03. The highest BCUT2D eigenvalue weighted by atomic mass is 32.1. The first-order valence-electron chi connectivity index (χ1n) is 9.43. The number of aryl methyl sites for hydroxylation is 1. The molecule has 2 aromatic rings. The fourth-order valence-electron chi connectivity index (χ4n) is 3.80. The molecule has 1 aliphatic rings. The lowest BCUT2D eigenvalue weighted by atomic mass is 9.86. The topological polar surface area (TPSA) is 75.4 Å². The van der Waals surface area contributed by atoms with E-state index in [2.05, 4.69) is 4.98 Å². The van der Waals surface area contributed by atoms with Crippen LogP contribution in [0.3, 0.4) is 0 Å². The fraction of sp³-hybridized carbons (Fsp3) is 0.632. The van der Waals surface area contributed by atoms with Crippen LogP contribution in [0.5, 0.6) is 0 Å². The summed E-state index contributed by atoms with van der Waals surface area (Å²) in [4.78, 5) is 33.1. The van der Waals surface area contributed by atoms with Crippen molar-refractivity contribution in [2.45, 2.75) is 59.1 Å². The van der Waals surface area contributed by atoms with Gasteiger partial charge in [0, 0.05) is 25.6 Å². The summed E-state index contributed by atoms with van der Waals surface area (Å²) in [6.45, 7) is 7.49. The highest BCUT2D eigenvalue weighted by molar-refractivity contribution is 7.20. The SMILES string of the molecule is CCN(CC)C(=O)c1sc2ncn(C[C@H]3CCCC[C@H]3O)c(=O)c2c1C. The molecule has 0 saturated heterocycles. The summed E-state index contributed by atoms with van der Waals surface area (Å²) >= 11 is 1.30. The predicted octanol–water partition coefficient (Wildman–Crippen LogP) is 2.80. The molecule has 0 spiro atoms. The molecule has 142 valence electrons.